The molecule has 7 heteroatoms. The highest BCUT2D eigenvalue weighted by molar-refractivity contribution is 6.42. The molecule has 1 aromatic heterocycles. The normalized spacial score (nSPS) is 18.5. The predicted octanol–water partition coefficient (Wildman–Crippen LogP) is 1.83. The third-order valence-corrected chi connectivity index (χ3v) is 3.48. The average molecular weight is 272 g/mol. The third kappa shape index (κ3) is 1.43. The fourth-order valence-corrected chi connectivity index (χ4v) is 2.29. The van der Waals surface area contributed by atoms with Crippen molar-refractivity contribution in [1.82, 2.24) is 9.55 Å². The van der Waals surface area contributed by atoms with E-state index in [0.717, 1.165) is 0 Å². The number of nitrogens with one attached hydrogen (secondary N) is 1. The lowest BCUT2D eigenvalue weighted by Crippen LogP contribution is -2.19. The lowest BCUT2D eigenvalue weighted by Gasteiger charge is -2.07. The van der Waals surface area contributed by atoms with Gasteiger partial charge in [-0.25, -0.2) is 4.98 Å². The number of aliphatic hydroxyl groups is 1. The van der Waals surface area contributed by atoms with Crippen LogP contribution in [0.4, 0.5) is 5.95 Å². The summed E-state index contributed by atoms with van der Waals surface area (Å²) in [7, 11) is 0. The minimum atomic E-state index is -0.660. The average Bonchev–Trinajstić information content (AvgIpc) is 2.74. The van der Waals surface area contributed by atoms with Gasteiger partial charge in [0.1, 0.15) is 6.04 Å². The van der Waals surface area contributed by atoms with Crippen molar-refractivity contribution in [2.45, 2.75) is 6.04 Å². The van der Waals surface area contributed by atoms with E-state index >= 15 is 0 Å². The van der Waals surface area contributed by atoms with E-state index in [2.05, 4.69) is 10.3 Å². The number of hydrogen-bond acceptors (Lipinski definition) is 3. The highest BCUT2D eigenvalue weighted by atomic mass is 35.5. The van der Waals surface area contributed by atoms with Crippen molar-refractivity contribution < 1.29 is 9.90 Å². The molecule has 1 amide bonds. The van der Waals surface area contributed by atoms with Crippen LogP contribution in [0.5, 0.6) is 0 Å². The van der Waals surface area contributed by atoms with Gasteiger partial charge < -0.3 is 5.11 Å². The molecule has 0 saturated heterocycles. The number of carbonyl (C=O) groups excluding carboxylic acids is 1. The van der Waals surface area contributed by atoms with Crippen LogP contribution in [-0.4, -0.2) is 27.2 Å². The number of carbonyl (C=O) groups is 1. The Labute approximate surface area is 106 Å². The largest absolute Gasteiger partial charge is 0.394 e. The van der Waals surface area contributed by atoms with Gasteiger partial charge in [-0.1, -0.05) is 23.2 Å². The summed E-state index contributed by atoms with van der Waals surface area (Å²) in [6.45, 7) is -0.287. The number of aliphatic hydroxyl groups excluding tert-OH is 1. The number of halogens is 2. The number of amides is 1. The molecule has 2 heterocycles. The predicted molar refractivity (Wildman–Crippen MR) is 64.5 cm³/mol. The third-order valence-electron chi connectivity index (χ3n) is 2.75. The highest BCUT2D eigenvalue weighted by Crippen LogP contribution is 2.34. The second-order valence-corrected chi connectivity index (χ2v) is 4.56. The Hall–Kier alpha value is -1.30. The standard InChI is InChI=1S/C10H7Cl2N3O2/c11-4-1-6-7(2-5(4)12)15-8(3-16)9(17)14-10(15)13-6/h1-2,8,16H,3H2,(H,13,14,17). The van der Waals surface area contributed by atoms with Crippen LogP contribution >= 0.6 is 23.2 Å². The zero-order chi connectivity index (χ0) is 12.2. The number of aromatic nitrogens is 2. The number of hydrogen-bond donors (Lipinski definition) is 2. The van der Waals surface area contributed by atoms with E-state index in [-0.39, 0.29) is 12.5 Å². The number of anilines is 1. The van der Waals surface area contributed by atoms with E-state index in [1.54, 1.807) is 16.7 Å². The zero-order valence-corrected chi connectivity index (χ0v) is 9.96. The van der Waals surface area contributed by atoms with E-state index in [9.17, 15) is 9.90 Å². The number of benzene rings is 1. The molecule has 0 fully saturated rings. The van der Waals surface area contributed by atoms with E-state index in [0.29, 0.717) is 27.0 Å². The minimum absolute atomic E-state index is 0.275. The van der Waals surface area contributed by atoms with Crippen molar-refractivity contribution >= 4 is 46.1 Å². The number of fused-ring (bicyclic) bond motifs is 3. The van der Waals surface area contributed by atoms with Crippen LogP contribution in [0.3, 0.4) is 0 Å². The summed E-state index contributed by atoms with van der Waals surface area (Å²) in [4.78, 5) is 15.7. The van der Waals surface area contributed by atoms with Crippen molar-refractivity contribution in [1.29, 1.82) is 0 Å². The molecule has 2 aromatic rings. The van der Waals surface area contributed by atoms with Crippen LogP contribution in [0.2, 0.25) is 10.0 Å². The number of nitrogens with zero attached hydrogens (tertiary/aromatic N) is 2. The Morgan fingerprint density at radius 3 is 2.82 bits per heavy atom. The van der Waals surface area contributed by atoms with Crippen molar-refractivity contribution in [2.75, 3.05) is 11.9 Å². The first-order valence-electron chi connectivity index (χ1n) is 4.90. The molecule has 1 aromatic carbocycles. The number of imidazole rings is 1. The Kier molecular flexibility index (Phi) is 2.29. The van der Waals surface area contributed by atoms with E-state index in [1.165, 1.54) is 0 Å². The molecular formula is C10H7Cl2N3O2. The van der Waals surface area contributed by atoms with Crippen LogP contribution < -0.4 is 5.32 Å². The lowest BCUT2D eigenvalue weighted by atomic mass is 10.2. The lowest BCUT2D eigenvalue weighted by molar-refractivity contribution is -0.119. The summed E-state index contributed by atoms with van der Waals surface area (Å²) < 4.78 is 1.62. The fraction of sp³-hybridized carbons (Fsp3) is 0.200. The van der Waals surface area contributed by atoms with Crippen molar-refractivity contribution in [3.05, 3.63) is 22.2 Å². The van der Waals surface area contributed by atoms with Gasteiger partial charge in [0.05, 0.1) is 27.7 Å². The quantitative estimate of drug-likeness (QED) is 0.832. The molecule has 0 bridgehead atoms. The zero-order valence-electron chi connectivity index (χ0n) is 8.44. The van der Waals surface area contributed by atoms with Gasteiger partial charge in [-0.05, 0) is 12.1 Å². The molecule has 5 nitrogen and oxygen atoms in total. The van der Waals surface area contributed by atoms with Gasteiger partial charge in [-0.15, -0.1) is 0 Å². The molecular weight excluding hydrogens is 265 g/mol. The molecule has 0 aliphatic carbocycles. The molecule has 1 atom stereocenters. The van der Waals surface area contributed by atoms with Gasteiger partial charge in [0.25, 0.3) is 5.91 Å². The van der Waals surface area contributed by atoms with Crippen LogP contribution in [0.1, 0.15) is 6.04 Å². The van der Waals surface area contributed by atoms with Gasteiger partial charge in [0.15, 0.2) is 0 Å². The molecule has 0 spiro atoms. The van der Waals surface area contributed by atoms with Crippen molar-refractivity contribution in [3.63, 3.8) is 0 Å². The minimum Gasteiger partial charge on any atom is -0.394 e. The van der Waals surface area contributed by atoms with Crippen molar-refractivity contribution in [2.24, 2.45) is 0 Å². The van der Waals surface area contributed by atoms with E-state index < -0.39 is 6.04 Å². The second-order valence-electron chi connectivity index (χ2n) is 3.75. The van der Waals surface area contributed by atoms with E-state index in [4.69, 9.17) is 23.2 Å². The smallest absolute Gasteiger partial charge is 0.252 e. The van der Waals surface area contributed by atoms with Crippen LogP contribution in [0, 0.1) is 0 Å². The summed E-state index contributed by atoms with van der Waals surface area (Å²) in [6, 6.07) is 2.61. The van der Waals surface area contributed by atoms with Crippen LogP contribution in [-0.2, 0) is 4.79 Å². The molecule has 0 saturated carbocycles. The van der Waals surface area contributed by atoms with E-state index in [1.807, 2.05) is 0 Å². The molecule has 1 aliphatic rings. The molecule has 1 aliphatic heterocycles. The van der Waals surface area contributed by atoms with Crippen molar-refractivity contribution in [3.8, 4) is 0 Å². The Morgan fingerprint density at radius 2 is 2.12 bits per heavy atom. The van der Waals surface area contributed by atoms with Crippen LogP contribution in [0.15, 0.2) is 12.1 Å². The summed E-state index contributed by atoms with van der Waals surface area (Å²) in [5.74, 6) is 0.130. The topological polar surface area (TPSA) is 67.2 Å². The Balaban J connectivity index is 2.31. The summed E-state index contributed by atoms with van der Waals surface area (Å²) in [5.41, 5.74) is 1.31. The van der Waals surface area contributed by atoms with Gasteiger partial charge in [0.2, 0.25) is 5.95 Å². The Bertz CT molecular complexity index is 638. The fourth-order valence-electron chi connectivity index (χ4n) is 1.97. The number of rotatable bonds is 1. The maximum atomic E-state index is 11.5. The molecule has 0 radical (unpaired) electrons. The molecule has 88 valence electrons. The summed E-state index contributed by atoms with van der Waals surface area (Å²) in [6.07, 6.45) is 0. The molecule has 1 unspecified atom stereocenters. The first kappa shape index (κ1) is 10.8. The first-order valence-corrected chi connectivity index (χ1v) is 5.66. The van der Waals surface area contributed by atoms with Gasteiger partial charge in [0, 0.05) is 0 Å². The first-order chi connectivity index (χ1) is 8.11. The second kappa shape index (κ2) is 3.60. The van der Waals surface area contributed by atoms with Gasteiger partial charge in [-0.2, -0.15) is 0 Å². The van der Waals surface area contributed by atoms with Gasteiger partial charge >= 0.3 is 0 Å². The SMILES string of the molecule is O=C1Nc2nc3cc(Cl)c(Cl)cc3n2C1CO. The maximum Gasteiger partial charge on any atom is 0.252 e. The molecule has 2 N–H and O–H groups in total. The highest BCUT2D eigenvalue weighted by Gasteiger charge is 2.32. The monoisotopic (exact) mass is 271 g/mol. The summed E-state index contributed by atoms with van der Waals surface area (Å²) >= 11 is 11.8. The van der Waals surface area contributed by atoms with Gasteiger partial charge in [-0.3, -0.25) is 14.7 Å². The summed E-state index contributed by atoms with van der Waals surface area (Å²) in [5, 5.41) is 12.6. The molecule has 3 rings (SSSR count). The maximum absolute atomic E-state index is 11.5. The molecule has 17 heavy (non-hydrogen) atoms. The van der Waals surface area contributed by atoms with Crippen LogP contribution in [0.25, 0.3) is 11.0 Å². The Morgan fingerprint density at radius 1 is 1.41 bits per heavy atom.